The first-order valence-electron chi connectivity index (χ1n) is 2.17. The Kier molecular flexibility index (Phi) is 3.01. The number of hydrogen-bond acceptors (Lipinski definition) is 1. The summed E-state index contributed by atoms with van der Waals surface area (Å²) < 4.78 is 0. The van der Waals surface area contributed by atoms with Gasteiger partial charge in [-0.2, -0.15) is 0 Å². The second kappa shape index (κ2) is 3.03. The number of carbonyl (C=O) groups excluding carboxylic acids is 1. The molecule has 0 aromatic heterocycles. The molecule has 0 unspecified atom stereocenters. The molecule has 0 aromatic rings. The maximum Gasteiger partial charge on any atom is 0.225 e. The van der Waals surface area contributed by atoms with Crippen molar-refractivity contribution in [2.45, 2.75) is 13.8 Å². The summed E-state index contributed by atoms with van der Waals surface area (Å²) in [7, 11) is 0. The number of halogens is 1. The van der Waals surface area contributed by atoms with Crippen molar-refractivity contribution in [1.82, 2.24) is 0 Å². The average molecular weight is 120 g/mol. The zero-order valence-electron chi connectivity index (χ0n) is 4.44. The highest BCUT2D eigenvalue weighted by molar-refractivity contribution is 6.65. The van der Waals surface area contributed by atoms with Crippen molar-refractivity contribution in [3.63, 3.8) is 0 Å². The Hall–Kier alpha value is -0.0400. The Morgan fingerprint density at radius 1 is 1.71 bits per heavy atom. The molecule has 0 amide bonds. The van der Waals surface area contributed by atoms with E-state index in [0.29, 0.717) is 0 Å². The highest BCUT2D eigenvalue weighted by atomic mass is 35.5. The summed E-state index contributed by atoms with van der Waals surface area (Å²) in [4.78, 5) is 9.96. The van der Waals surface area contributed by atoms with E-state index in [9.17, 15) is 4.79 Å². The van der Waals surface area contributed by atoms with Crippen molar-refractivity contribution >= 4 is 16.8 Å². The molecule has 1 nitrogen and oxygen atoms in total. The Labute approximate surface area is 48.7 Å². The normalized spacial score (nSPS) is 9.71. The fraction of sp³-hybridized carbons (Fsp3) is 0.600. The summed E-state index contributed by atoms with van der Waals surface area (Å²) in [6.07, 6.45) is 1.46. The molecule has 0 spiro atoms. The van der Waals surface area contributed by atoms with Crippen LogP contribution in [0.3, 0.4) is 0 Å². The molecule has 0 rings (SSSR count). The maximum atomic E-state index is 9.96. The van der Waals surface area contributed by atoms with E-state index >= 15 is 0 Å². The summed E-state index contributed by atoms with van der Waals surface area (Å²) in [6, 6.07) is 0. The Morgan fingerprint density at radius 3 is 2.14 bits per heavy atom. The lowest BCUT2D eigenvalue weighted by Crippen LogP contribution is -1.94. The third kappa shape index (κ3) is 5.96. The van der Waals surface area contributed by atoms with E-state index in [1.165, 1.54) is 6.42 Å². The number of hydrogen-bond donors (Lipinski definition) is 0. The minimum absolute atomic E-state index is 0.269. The first-order chi connectivity index (χ1) is 3.13. The zero-order valence-corrected chi connectivity index (χ0v) is 5.20. The quantitative estimate of drug-likeness (QED) is 0.505. The van der Waals surface area contributed by atoms with Crippen molar-refractivity contribution in [3.8, 4) is 0 Å². The molecular weight excluding hydrogens is 112 g/mol. The highest BCUT2D eigenvalue weighted by Crippen LogP contribution is 1.99. The van der Waals surface area contributed by atoms with Crippen molar-refractivity contribution in [2.24, 2.45) is 5.92 Å². The first kappa shape index (κ1) is 6.96. The molecule has 0 saturated heterocycles. The summed E-state index contributed by atoms with van der Waals surface area (Å²) in [5.74, 6) is 0.269. The molecule has 41 valence electrons. The van der Waals surface area contributed by atoms with Gasteiger partial charge in [0.1, 0.15) is 0 Å². The van der Waals surface area contributed by atoms with Crippen molar-refractivity contribution in [2.75, 3.05) is 0 Å². The third-order valence-electron chi connectivity index (χ3n) is 0.464. The van der Waals surface area contributed by atoms with Crippen LogP contribution in [-0.2, 0) is 4.79 Å². The van der Waals surface area contributed by atoms with Gasteiger partial charge in [0.15, 0.2) is 0 Å². The highest BCUT2D eigenvalue weighted by Gasteiger charge is 1.98. The van der Waals surface area contributed by atoms with Gasteiger partial charge in [0.05, 0.1) is 0 Å². The molecule has 0 aliphatic heterocycles. The lowest BCUT2D eigenvalue weighted by atomic mass is 10.2. The lowest BCUT2D eigenvalue weighted by Gasteiger charge is -1.93. The molecule has 0 heterocycles. The number of rotatable bonds is 2. The van der Waals surface area contributed by atoms with E-state index in [1.54, 1.807) is 0 Å². The molecule has 1 radical (unpaired) electrons. The second-order valence-electron chi connectivity index (χ2n) is 1.71. The molecule has 7 heavy (non-hydrogen) atoms. The molecule has 0 aromatic carbocycles. The largest absolute Gasteiger partial charge is 0.281 e. The van der Waals surface area contributed by atoms with Gasteiger partial charge < -0.3 is 0 Å². The van der Waals surface area contributed by atoms with Crippen LogP contribution in [0.5, 0.6) is 0 Å². The van der Waals surface area contributed by atoms with Gasteiger partial charge >= 0.3 is 0 Å². The van der Waals surface area contributed by atoms with E-state index in [1.807, 2.05) is 13.8 Å². The molecule has 2 heteroatoms. The fourth-order valence-corrected chi connectivity index (χ4v) is 0.514. The van der Waals surface area contributed by atoms with Crippen LogP contribution < -0.4 is 0 Å². The van der Waals surface area contributed by atoms with Crippen LogP contribution in [0.1, 0.15) is 13.8 Å². The van der Waals surface area contributed by atoms with E-state index in [-0.39, 0.29) is 11.2 Å². The summed E-state index contributed by atoms with van der Waals surface area (Å²) in [5, 5.41) is -0.366. The van der Waals surface area contributed by atoms with Crippen LogP contribution in [-0.4, -0.2) is 5.24 Å². The summed E-state index contributed by atoms with van der Waals surface area (Å²) in [6.45, 7) is 3.81. The predicted molar refractivity (Wildman–Crippen MR) is 30.0 cm³/mol. The monoisotopic (exact) mass is 119 g/mol. The molecule has 0 fully saturated rings. The van der Waals surface area contributed by atoms with Crippen molar-refractivity contribution in [3.05, 3.63) is 6.42 Å². The Balaban J connectivity index is 3.13. The minimum atomic E-state index is -0.366. The van der Waals surface area contributed by atoms with E-state index in [2.05, 4.69) is 0 Å². The SMILES string of the molecule is CC(C)[CH]C(=O)Cl. The third-order valence-corrected chi connectivity index (χ3v) is 0.590. The lowest BCUT2D eigenvalue weighted by molar-refractivity contribution is -0.109. The van der Waals surface area contributed by atoms with Gasteiger partial charge in [-0.25, -0.2) is 0 Å². The van der Waals surface area contributed by atoms with Gasteiger partial charge in [0, 0.05) is 6.42 Å². The molecule has 0 N–H and O–H groups in total. The summed E-state index contributed by atoms with van der Waals surface area (Å²) >= 11 is 4.98. The van der Waals surface area contributed by atoms with Gasteiger partial charge in [0.25, 0.3) is 0 Å². The predicted octanol–water partition coefficient (Wildman–Crippen LogP) is 1.61. The van der Waals surface area contributed by atoms with Gasteiger partial charge in [0.2, 0.25) is 5.24 Å². The van der Waals surface area contributed by atoms with Gasteiger partial charge in [-0.1, -0.05) is 13.8 Å². The first-order valence-corrected chi connectivity index (χ1v) is 2.55. The van der Waals surface area contributed by atoms with Crippen LogP contribution in [0, 0.1) is 12.3 Å². The fourth-order valence-electron chi connectivity index (χ4n) is 0.262. The van der Waals surface area contributed by atoms with E-state index in [4.69, 9.17) is 11.6 Å². The standard InChI is InChI=1S/C5H8ClO/c1-4(2)3-5(6)7/h3-4H,1-2H3. The van der Waals surface area contributed by atoms with Gasteiger partial charge in [-0.3, -0.25) is 4.79 Å². The van der Waals surface area contributed by atoms with Crippen molar-refractivity contribution in [1.29, 1.82) is 0 Å². The zero-order chi connectivity index (χ0) is 5.86. The van der Waals surface area contributed by atoms with Crippen molar-refractivity contribution < 1.29 is 4.79 Å². The average Bonchev–Trinajstić information content (AvgIpc) is 1.27. The molecule has 0 atom stereocenters. The smallest absolute Gasteiger partial charge is 0.225 e. The molecule has 0 bridgehead atoms. The molecule has 0 aliphatic carbocycles. The van der Waals surface area contributed by atoms with Gasteiger partial charge in [-0.15, -0.1) is 0 Å². The maximum absolute atomic E-state index is 9.96. The van der Waals surface area contributed by atoms with Crippen LogP contribution in [0.2, 0.25) is 0 Å². The minimum Gasteiger partial charge on any atom is -0.281 e. The van der Waals surface area contributed by atoms with Crippen LogP contribution in [0.4, 0.5) is 0 Å². The topological polar surface area (TPSA) is 17.1 Å². The van der Waals surface area contributed by atoms with E-state index < -0.39 is 0 Å². The molecule has 0 saturated carbocycles. The van der Waals surface area contributed by atoms with E-state index in [0.717, 1.165) is 0 Å². The molecule has 0 aliphatic rings. The van der Waals surface area contributed by atoms with Crippen LogP contribution in [0.25, 0.3) is 0 Å². The Morgan fingerprint density at radius 2 is 2.14 bits per heavy atom. The van der Waals surface area contributed by atoms with Crippen LogP contribution in [0.15, 0.2) is 0 Å². The number of carbonyl (C=O) groups is 1. The van der Waals surface area contributed by atoms with Gasteiger partial charge in [-0.05, 0) is 17.5 Å². The van der Waals surface area contributed by atoms with Crippen LogP contribution >= 0.6 is 11.6 Å². The molecular formula is C5H8ClO. The Bertz CT molecular complexity index is 68.5. The summed E-state index contributed by atoms with van der Waals surface area (Å²) in [5.41, 5.74) is 0. The second-order valence-corrected chi connectivity index (χ2v) is 2.09.